The van der Waals surface area contributed by atoms with Gasteiger partial charge in [0, 0.05) is 44.8 Å². The first-order valence-corrected chi connectivity index (χ1v) is 19.6. The molecule has 0 radical (unpaired) electrons. The number of nitrogens with zero attached hydrogens (tertiary/aromatic N) is 2. The van der Waals surface area contributed by atoms with Crippen LogP contribution in [0.5, 0.6) is 0 Å². The number of rotatable bonds is 6. The standard InChI is InChI=1S/C50H39N3.C2H6/c1-34-13-9-11-19-48(34)52(39-14-5-2-3-6-15-39)41-26-21-35(22-27-41)36-24-29-46-44(31-36)42-28-23-38(33-47(42)51-46)37-25-30-50-45(32-37)43-18-10-12-20-49(43)53(50)40-16-7-4-8-17-40;1-2/h2,4-28,30-33,46,51H,3,29H2,1H3;1-2H3. The molecular weight excluding hydrogens is 667 g/mol. The van der Waals surface area contributed by atoms with Gasteiger partial charge in [0.15, 0.2) is 0 Å². The molecule has 0 amide bonds. The molecule has 268 valence electrons. The molecule has 0 saturated carbocycles. The van der Waals surface area contributed by atoms with Gasteiger partial charge in [0.05, 0.1) is 17.1 Å². The summed E-state index contributed by atoms with van der Waals surface area (Å²) in [5.41, 5.74) is 17.2. The summed E-state index contributed by atoms with van der Waals surface area (Å²) < 4.78 is 2.37. The zero-order chi connectivity index (χ0) is 37.3. The second-order valence-electron chi connectivity index (χ2n) is 14.2. The average Bonchev–Trinajstić information content (AvgIpc) is 3.64. The van der Waals surface area contributed by atoms with E-state index in [1.54, 1.807) is 0 Å². The van der Waals surface area contributed by atoms with Gasteiger partial charge in [-0.25, -0.2) is 0 Å². The van der Waals surface area contributed by atoms with E-state index >= 15 is 0 Å². The summed E-state index contributed by atoms with van der Waals surface area (Å²) in [5.74, 6) is 0. The Balaban J connectivity index is 0.00000195. The van der Waals surface area contributed by atoms with Crippen molar-refractivity contribution in [1.29, 1.82) is 0 Å². The number of allylic oxidation sites excluding steroid dienone is 7. The van der Waals surface area contributed by atoms with Crippen molar-refractivity contribution in [3.8, 4) is 16.8 Å². The summed E-state index contributed by atoms with van der Waals surface area (Å²) in [5, 5.41) is 6.40. The molecule has 3 heteroatoms. The zero-order valence-electron chi connectivity index (χ0n) is 31.7. The molecule has 1 atom stereocenters. The van der Waals surface area contributed by atoms with Crippen LogP contribution in [0.2, 0.25) is 0 Å². The maximum atomic E-state index is 3.86. The van der Waals surface area contributed by atoms with E-state index in [4.69, 9.17) is 0 Å². The molecule has 0 bridgehead atoms. The van der Waals surface area contributed by atoms with Crippen molar-refractivity contribution in [3.63, 3.8) is 0 Å². The van der Waals surface area contributed by atoms with Crippen molar-refractivity contribution in [2.24, 2.45) is 0 Å². The van der Waals surface area contributed by atoms with E-state index in [1.165, 1.54) is 77.8 Å². The molecule has 1 aromatic heterocycles. The van der Waals surface area contributed by atoms with Crippen molar-refractivity contribution in [2.75, 3.05) is 10.2 Å². The summed E-state index contributed by atoms with van der Waals surface area (Å²) in [7, 11) is 0. The van der Waals surface area contributed by atoms with Gasteiger partial charge in [-0.05, 0) is 126 Å². The topological polar surface area (TPSA) is 20.2 Å². The Kier molecular flexibility index (Phi) is 9.13. The van der Waals surface area contributed by atoms with Gasteiger partial charge >= 0.3 is 0 Å². The normalized spacial score (nSPS) is 15.5. The van der Waals surface area contributed by atoms with Crippen LogP contribution in [0.15, 0.2) is 188 Å². The first-order chi connectivity index (χ1) is 27.2. The van der Waals surface area contributed by atoms with E-state index in [0.717, 1.165) is 24.2 Å². The lowest BCUT2D eigenvalue weighted by Crippen LogP contribution is -2.16. The zero-order valence-corrected chi connectivity index (χ0v) is 31.7. The predicted molar refractivity (Wildman–Crippen MR) is 236 cm³/mol. The van der Waals surface area contributed by atoms with Crippen molar-refractivity contribution in [3.05, 3.63) is 204 Å². The summed E-state index contributed by atoms with van der Waals surface area (Å²) in [6, 6.07) is 51.2. The Labute approximate surface area is 324 Å². The van der Waals surface area contributed by atoms with E-state index < -0.39 is 0 Å². The maximum absolute atomic E-state index is 3.86. The van der Waals surface area contributed by atoms with Gasteiger partial charge in [-0.15, -0.1) is 0 Å². The third kappa shape index (κ3) is 6.22. The summed E-state index contributed by atoms with van der Waals surface area (Å²) in [4.78, 5) is 2.36. The first-order valence-electron chi connectivity index (χ1n) is 19.6. The number of para-hydroxylation sites is 3. The van der Waals surface area contributed by atoms with E-state index in [0.29, 0.717) is 0 Å². The van der Waals surface area contributed by atoms with Crippen molar-refractivity contribution in [2.45, 2.75) is 39.7 Å². The summed E-state index contributed by atoms with van der Waals surface area (Å²) >= 11 is 0. The minimum Gasteiger partial charge on any atom is -0.377 e. The molecule has 2 heterocycles. The number of anilines is 3. The lowest BCUT2D eigenvalue weighted by Gasteiger charge is -2.28. The Morgan fingerprint density at radius 3 is 2.25 bits per heavy atom. The number of hydrogen-bond donors (Lipinski definition) is 1. The molecule has 2 aliphatic carbocycles. The quantitative estimate of drug-likeness (QED) is 0.185. The molecular formula is C52H45N3. The lowest BCUT2D eigenvalue weighted by atomic mass is 9.89. The Hall–Kier alpha value is -6.58. The SMILES string of the molecule is CC.Cc1ccccc1N(C1=CC=CCC=C1)c1ccc(C2=CCC3Nc4cc(-c5ccc6c(c5)c5ccccc5n6-c5ccccc5)ccc4C3=C2)cc1. The van der Waals surface area contributed by atoms with Crippen molar-refractivity contribution >= 4 is 50.0 Å². The Bertz CT molecular complexity index is 2700. The molecule has 7 aromatic rings. The highest BCUT2D eigenvalue weighted by Gasteiger charge is 2.29. The lowest BCUT2D eigenvalue weighted by molar-refractivity contribution is 0.931. The predicted octanol–water partition coefficient (Wildman–Crippen LogP) is 14.0. The molecule has 10 rings (SSSR count). The van der Waals surface area contributed by atoms with E-state index in [-0.39, 0.29) is 6.04 Å². The molecule has 3 aliphatic rings. The summed E-state index contributed by atoms with van der Waals surface area (Å²) in [6.07, 6.45) is 17.7. The number of aromatic nitrogens is 1. The van der Waals surface area contributed by atoms with Crippen LogP contribution >= 0.6 is 0 Å². The van der Waals surface area contributed by atoms with Gasteiger partial charge in [-0.2, -0.15) is 0 Å². The van der Waals surface area contributed by atoms with Gasteiger partial charge in [0.1, 0.15) is 0 Å². The number of nitrogens with one attached hydrogen (secondary N) is 1. The van der Waals surface area contributed by atoms with Gasteiger partial charge in [-0.3, -0.25) is 0 Å². The van der Waals surface area contributed by atoms with Gasteiger partial charge in [0.25, 0.3) is 0 Å². The van der Waals surface area contributed by atoms with Crippen LogP contribution in [-0.2, 0) is 0 Å². The number of fused-ring (bicyclic) bond motifs is 6. The molecule has 1 N–H and O–H groups in total. The fourth-order valence-corrected chi connectivity index (χ4v) is 8.35. The monoisotopic (exact) mass is 711 g/mol. The third-order valence-electron chi connectivity index (χ3n) is 11.0. The highest BCUT2D eigenvalue weighted by molar-refractivity contribution is 6.10. The minimum atomic E-state index is 0.285. The van der Waals surface area contributed by atoms with Crippen LogP contribution in [0, 0.1) is 6.92 Å². The van der Waals surface area contributed by atoms with Crippen LogP contribution in [-0.4, -0.2) is 10.6 Å². The molecule has 0 fully saturated rings. The van der Waals surface area contributed by atoms with Crippen molar-refractivity contribution < 1.29 is 0 Å². The highest BCUT2D eigenvalue weighted by Crippen LogP contribution is 2.44. The number of hydrogen-bond acceptors (Lipinski definition) is 2. The van der Waals surface area contributed by atoms with Gasteiger partial charge in [-0.1, -0.05) is 123 Å². The molecule has 0 saturated heterocycles. The van der Waals surface area contributed by atoms with Crippen LogP contribution in [0.25, 0.3) is 49.8 Å². The summed E-state index contributed by atoms with van der Waals surface area (Å²) in [6.45, 7) is 6.18. The Morgan fingerprint density at radius 2 is 1.40 bits per heavy atom. The molecule has 0 spiro atoms. The number of aryl methyl sites for hydroxylation is 1. The Morgan fingerprint density at radius 1 is 0.673 bits per heavy atom. The fourth-order valence-electron chi connectivity index (χ4n) is 8.35. The molecule has 55 heavy (non-hydrogen) atoms. The van der Waals surface area contributed by atoms with Crippen LogP contribution in [0.3, 0.4) is 0 Å². The maximum Gasteiger partial charge on any atom is 0.0555 e. The van der Waals surface area contributed by atoms with Crippen LogP contribution in [0.1, 0.15) is 43.4 Å². The van der Waals surface area contributed by atoms with Gasteiger partial charge < -0.3 is 14.8 Å². The smallest absolute Gasteiger partial charge is 0.0555 e. The van der Waals surface area contributed by atoms with E-state index in [2.05, 4.69) is 204 Å². The van der Waals surface area contributed by atoms with Gasteiger partial charge in [0.2, 0.25) is 0 Å². The van der Waals surface area contributed by atoms with Crippen molar-refractivity contribution in [1.82, 2.24) is 4.57 Å². The average molecular weight is 712 g/mol. The molecule has 1 aliphatic heterocycles. The number of benzene rings is 6. The second-order valence-corrected chi connectivity index (χ2v) is 14.2. The van der Waals surface area contributed by atoms with E-state index in [1.807, 2.05) is 13.8 Å². The molecule has 6 aromatic carbocycles. The largest absolute Gasteiger partial charge is 0.377 e. The van der Waals surface area contributed by atoms with Crippen LogP contribution < -0.4 is 10.2 Å². The molecule has 3 nitrogen and oxygen atoms in total. The first kappa shape index (κ1) is 34.2. The minimum absolute atomic E-state index is 0.285. The van der Waals surface area contributed by atoms with Crippen LogP contribution in [0.4, 0.5) is 17.1 Å². The fraction of sp³-hybridized carbons (Fsp3) is 0.115. The highest BCUT2D eigenvalue weighted by atomic mass is 15.1. The second kappa shape index (κ2) is 14.7. The van der Waals surface area contributed by atoms with E-state index in [9.17, 15) is 0 Å². The third-order valence-corrected chi connectivity index (χ3v) is 11.0. The molecule has 1 unspecified atom stereocenters.